The van der Waals surface area contributed by atoms with Crippen molar-refractivity contribution in [2.24, 2.45) is 0 Å². The molecular weight excluding hydrogens is 222 g/mol. The largest absolute Gasteiger partial charge is 0.477 e. The van der Waals surface area contributed by atoms with E-state index in [9.17, 15) is 4.79 Å². The average molecular weight is 241 g/mol. The molecule has 0 aromatic carbocycles. The quantitative estimate of drug-likeness (QED) is 0.878. The number of aromatic nitrogens is 1. The van der Waals surface area contributed by atoms with Crippen LogP contribution in [-0.4, -0.2) is 16.1 Å². The van der Waals surface area contributed by atoms with Gasteiger partial charge >= 0.3 is 5.97 Å². The Balaban J connectivity index is 3.26. The van der Waals surface area contributed by atoms with Crippen LogP contribution in [0.1, 0.15) is 67.3 Å². The summed E-state index contributed by atoms with van der Waals surface area (Å²) in [6, 6.07) is 0. The molecule has 0 aliphatic rings. The van der Waals surface area contributed by atoms with Crippen LogP contribution in [0.4, 0.5) is 0 Å². The molecule has 4 heteroatoms. The van der Waals surface area contributed by atoms with Gasteiger partial charge in [-0.25, -0.2) is 9.78 Å². The van der Waals surface area contributed by atoms with Gasteiger partial charge in [0.15, 0.2) is 0 Å². The van der Waals surface area contributed by atoms with Crippen LogP contribution in [0, 0.1) is 0 Å². The Hall–Kier alpha value is -0.900. The molecule has 0 bridgehead atoms. The molecule has 0 saturated heterocycles. The molecule has 1 unspecified atom stereocenters. The molecule has 0 spiro atoms. The van der Waals surface area contributed by atoms with E-state index >= 15 is 0 Å². The fourth-order valence-electron chi connectivity index (χ4n) is 1.38. The maximum atomic E-state index is 11.2. The molecule has 0 aliphatic carbocycles. The number of nitrogens with zero attached hydrogens (tertiary/aromatic N) is 1. The average Bonchev–Trinajstić information content (AvgIpc) is 2.60. The summed E-state index contributed by atoms with van der Waals surface area (Å²) >= 11 is 1.32. The van der Waals surface area contributed by atoms with Gasteiger partial charge in [-0.1, -0.05) is 34.6 Å². The third kappa shape index (κ3) is 2.61. The predicted octanol–water partition coefficient (Wildman–Crippen LogP) is 3.65. The summed E-state index contributed by atoms with van der Waals surface area (Å²) in [6.07, 6.45) is 0.982. The van der Waals surface area contributed by atoms with Crippen LogP contribution in [0.25, 0.3) is 0 Å². The minimum atomic E-state index is -0.864. The number of rotatable bonds is 3. The maximum absolute atomic E-state index is 11.2. The van der Waals surface area contributed by atoms with E-state index in [1.165, 1.54) is 11.3 Å². The van der Waals surface area contributed by atoms with Crippen molar-refractivity contribution in [3.8, 4) is 0 Å². The lowest BCUT2D eigenvalue weighted by Crippen LogP contribution is -2.16. The summed E-state index contributed by atoms with van der Waals surface area (Å²) < 4.78 is 0. The van der Waals surface area contributed by atoms with Gasteiger partial charge in [0.25, 0.3) is 0 Å². The standard InChI is InChI=1S/C12H19NO2S/c1-6-7(2)10-13-9(12(3,4)5)8(16-10)11(14)15/h7H,6H2,1-5H3,(H,14,15). The van der Waals surface area contributed by atoms with Crippen molar-refractivity contribution in [3.63, 3.8) is 0 Å². The summed E-state index contributed by atoms with van der Waals surface area (Å²) in [5, 5.41) is 10.1. The van der Waals surface area contributed by atoms with Crippen LogP contribution < -0.4 is 0 Å². The molecular formula is C12H19NO2S. The summed E-state index contributed by atoms with van der Waals surface area (Å²) in [5.74, 6) is -0.531. The van der Waals surface area contributed by atoms with Gasteiger partial charge in [0.1, 0.15) is 4.88 Å². The monoisotopic (exact) mass is 241 g/mol. The Labute approximate surface area is 101 Å². The summed E-state index contributed by atoms with van der Waals surface area (Å²) in [6.45, 7) is 10.2. The Bertz CT molecular complexity index is 390. The van der Waals surface area contributed by atoms with E-state index < -0.39 is 5.97 Å². The van der Waals surface area contributed by atoms with E-state index in [1.807, 2.05) is 20.8 Å². The predicted molar refractivity (Wildman–Crippen MR) is 66.5 cm³/mol. The first kappa shape index (κ1) is 13.2. The SMILES string of the molecule is CCC(C)c1nc(C(C)(C)C)c(C(=O)O)s1. The van der Waals surface area contributed by atoms with E-state index in [4.69, 9.17) is 5.11 Å². The first-order valence-electron chi connectivity index (χ1n) is 5.51. The Morgan fingerprint density at radius 2 is 2.06 bits per heavy atom. The number of thiazole rings is 1. The minimum absolute atomic E-state index is 0.212. The Morgan fingerprint density at radius 1 is 1.50 bits per heavy atom. The highest BCUT2D eigenvalue weighted by atomic mass is 32.1. The van der Waals surface area contributed by atoms with Gasteiger partial charge in [0.05, 0.1) is 10.7 Å². The molecule has 1 N–H and O–H groups in total. The number of carboxylic acids is 1. The van der Waals surface area contributed by atoms with E-state index in [-0.39, 0.29) is 5.41 Å². The fraction of sp³-hybridized carbons (Fsp3) is 0.667. The molecule has 0 radical (unpaired) electrons. The van der Waals surface area contributed by atoms with Gasteiger partial charge in [0.2, 0.25) is 0 Å². The van der Waals surface area contributed by atoms with Crippen LogP contribution in [0.15, 0.2) is 0 Å². The molecule has 1 aromatic heterocycles. The van der Waals surface area contributed by atoms with Crippen LogP contribution >= 0.6 is 11.3 Å². The summed E-state index contributed by atoms with van der Waals surface area (Å²) in [4.78, 5) is 16.1. The van der Waals surface area contributed by atoms with Gasteiger partial charge in [-0.05, 0) is 6.42 Å². The number of hydrogen-bond acceptors (Lipinski definition) is 3. The summed E-state index contributed by atoms with van der Waals surface area (Å²) in [7, 11) is 0. The summed E-state index contributed by atoms with van der Waals surface area (Å²) in [5.41, 5.74) is 0.496. The van der Waals surface area contributed by atoms with Crippen molar-refractivity contribution in [1.29, 1.82) is 0 Å². The lowest BCUT2D eigenvalue weighted by atomic mass is 9.91. The zero-order chi connectivity index (χ0) is 12.5. The number of hydrogen-bond donors (Lipinski definition) is 1. The highest BCUT2D eigenvalue weighted by molar-refractivity contribution is 7.13. The number of carbonyl (C=O) groups is 1. The van der Waals surface area contributed by atoms with E-state index in [0.717, 1.165) is 11.4 Å². The molecule has 90 valence electrons. The third-order valence-corrected chi connectivity index (χ3v) is 3.86. The number of carboxylic acid groups (broad SMARTS) is 1. The molecule has 0 amide bonds. The van der Waals surface area contributed by atoms with Gasteiger partial charge in [-0.2, -0.15) is 0 Å². The molecule has 16 heavy (non-hydrogen) atoms. The molecule has 0 aliphatic heterocycles. The molecule has 0 fully saturated rings. The van der Waals surface area contributed by atoms with Gasteiger partial charge < -0.3 is 5.11 Å². The highest BCUT2D eigenvalue weighted by Gasteiger charge is 2.27. The molecule has 1 aromatic rings. The second-order valence-electron chi connectivity index (χ2n) is 5.09. The van der Waals surface area contributed by atoms with Crippen molar-refractivity contribution in [2.75, 3.05) is 0 Å². The molecule has 1 atom stereocenters. The zero-order valence-electron chi connectivity index (χ0n) is 10.5. The van der Waals surface area contributed by atoms with Crippen molar-refractivity contribution in [2.45, 2.75) is 52.4 Å². The normalized spacial score (nSPS) is 13.8. The van der Waals surface area contributed by atoms with Gasteiger partial charge in [-0.3, -0.25) is 0 Å². The second-order valence-corrected chi connectivity index (χ2v) is 6.12. The van der Waals surface area contributed by atoms with Crippen LogP contribution in [0.5, 0.6) is 0 Å². The first-order chi connectivity index (χ1) is 7.27. The minimum Gasteiger partial charge on any atom is -0.477 e. The van der Waals surface area contributed by atoms with E-state index in [0.29, 0.717) is 16.5 Å². The topological polar surface area (TPSA) is 50.2 Å². The molecule has 3 nitrogen and oxygen atoms in total. The zero-order valence-corrected chi connectivity index (χ0v) is 11.3. The lowest BCUT2D eigenvalue weighted by Gasteiger charge is -2.16. The second kappa shape index (κ2) is 4.53. The van der Waals surface area contributed by atoms with Crippen LogP contribution in [0.2, 0.25) is 0 Å². The van der Waals surface area contributed by atoms with Crippen molar-refractivity contribution in [1.82, 2.24) is 4.98 Å². The van der Waals surface area contributed by atoms with Gasteiger partial charge in [-0.15, -0.1) is 11.3 Å². The molecule has 1 rings (SSSR count). The first-order valence-corrected chi connectivity index (χ1v) is 6.33. The van der Waals surface area contributed by atoms with E-state index in [1.54, 1.807) is 0 Å². The van der Waals surface area contributed by atoms with Crippen LogP contribution in [-0.2, 0) is 5.41 Å². The van der Waals surface area contributed by atoms with Crippen LogP contribution in [0.3, 0.4) is 0 Å². The maximum Gasteiger partial charge on any atom is 0.347 e. The van der Waals surface area contributed by atoms with Crippen molar-refractivity contribution >= 4 is 17.3 Å². The van der Waals surface area contributed by atoms with E-state index in [2.05, 4.69) is 18.8 Å². The molecule has 0 saturated carbocycles. The number of aromatic carboxylic acids is 1. The Kier molecular flexibility index (Phi) is 3.73. The fourth-order valence-corrected chi connectivity index (χ4v) is 2.63. The lowest BCUT2D eigenvalue weighted by molar-refractivity contribution is 0.0699. The molecule has 1 heterocycles. The highest BCUT2D eigenvalue weighted by Crippen LogP contribution is 2.33. The van der Waals surface area contributed by atoms with Crippen molar-refractivity contribution in [3.05, 3.63) is 15.6 Å². The van der Waals surface area contributed by atoms with Gasteiger partial charge in [0, 0.05) is 11.3 Å². The third-order valence-electron chi connectivity index (χ3n) is 2.58. The Morgan fingerprint density at radius 3 is 2.38 bits per heavy atom. The smallest absolute Gasteiger partial charge is 0.347 e. The van der Waals surface area contributed by atoms with Crippen molar-refractivity contribution < 1.29 is 9.90 Å².